The van der Waals surface area contributed by atoms with Gasteiger partial charge in [-0.15, -0.1) is 0 Å². The lowest BCUT2D eigenvalue weighted by atomic mass is 10.0. The molecular formula is C15H25NO. The third-order valence-electron chi connectivity index (χ3n) is 2.91. The molecular weight excluding hydrogens is 210 g/mol. The van der Waals surface area contributed by atoms with Gasteiger partial charge in [-0.2, -0.15) is 0 Å². The van der Waals surface area contributed by atoms with Crippen LogP contribution in [0.1, 0.15) is 39.2 Å². The molecule has 0 bridgehead atoms. The van der Waals surface area contributed by atoms with Gasteiger partial charge >= 0.3 is 0 Å². The molecule has 1 aromatic carbocycles. The van der Waals surface area contributed by atoms with Gasteiger partial charge in [0.05, 0.1) is 13.2 Å². The fraction of sp³-hybridized carbons (Fsp3) is 0.600. The first-order valence-corrected chi connectivity index (χ1v) is 6.70. The molecule has 1 heterocycles. The predicted octanol–water partition coefficient (Wildman–Crippen LogP) is 3.67. The van der Waals surface area contributed by atoms with Crippen molar-refractivity contribution in [3.63, 3.8) is 0 Å². The standard InChI is InChI=1S/C13H19NO.C2H6/c1-11(2)12-4-3-5-13(10-12)14-6-8-15-9-7-14;1-2/h3-5,10-11H,6-9H2,1-2H3;1-2H3. The van der Waals surface area contributed by atoms with Gasteiger partial charge in [-0.1, -0.05) is 39.8 Å². The van der Waals surface area contributed by atoms with E-state index in [4.69, 9.17) is 4.74 Å². The van der Waals surface area contributed by atoms with Crippen LogP contribution in [0.3, 0.4) is 0 Å². The lowest BCUT2D eigenvalue weighted by Gasteiger charge is -2.29. The summed E-state index contributed by atoms with van der Waals surface area (Å²) in [5.41, 5.74) is 2.75. The van der Waals surface area contributed by atoms with Crippen molar-refractivity contribution in [1.29, 1.82) is 0 Å². The molecule has 1 aliphatic heterocycles. The van der Waals surface area contributed by atoms with Crippen LogP contribution < -0.4 is 4.90 Å². The summed E-state index contributed by atoms with van der Waals surface area (Å²) in [5, 5.41) is 0. The molecule has 0 aliphatic carbocycles. The van der Waals surface area contributed by atoms with E-state index in [9.17, 15) is 0 Å². The van der Waals surface area contributed by atoms with Gasteiger partial charge in [-0.25, -0.2) is 0 Å². The van der Waals surface area contributed by atoms with E-state index in [0.717, 1.165) is 26.3 Å². The summed E-state index contributed by atoms with van der Waals surface area (Å²) in [6.07, 6.45) is 0. The Hall–Kier alpha value is -1.02. The number of ether oxygens (including phenoxy) is 1. The first kappa shape index (κ1) is 14.0. The van der Waals surface area contributed by atoms with E-state index in [-0.39, 0.29) is 0 Å². The molecule has 0 atom stereocenters. The number of morpholine rings is 1. The smallest absolute Gasteiger partial charge is 0.0642 e. The number of anilines is 1. The van der Waals surface area contributed by atoms with E-state index in [1.54, 1.807) is 0 Å². The van der Waals surface area contributed by atoms with Crippen LogP contribution >= 0.6 is 0 Å². The molecule has 0 spiro atoms. The van der Waals surface area contributed by atoms with Crippen molar-refractivity contribution in [1.82, 2.24) is 0 Å². The maximum absolute atomic E-state index is 5.36. The molecule has 1 aromatic rings. The maximum Gasteiger partial charge on any atom is 0.0642 e. The van der Waals surface area contributed by atoms with Gasteiger partial charge in [0.25, 0.3) is 0 Å². The molecule has 96 valence electrons. The molecule has 0 aromatic heterocycles. The zero-order valence-corrected chi connectivity index (χ0v) is 11.6. The van der Waals surface area contributed by atoms with Gasteiger partial charge < -0.3 is 9.64 Å². The fourth-order valence-electron chi connectivity index (χ4n) is 1.90. The highest BCUT2D eigenvalue weighted by Gasteiger charge is 2.11. The SMILES string of the molecule is CC.CC(C)c1cccc(N2CCOCC2)c1. The van der Waals surface area contributed by atoms with Crippen molar-refractivity contribution in [3.05, 3.63) is 29.8 Å². The fourth-order valence-corrected chi connectivity index (χ4v) is 1.90. The normalized spacial score (nSPS) is 15.5. The van der Waals surface area contributed by atoms with Crippen LogP contribution in [0.4, 0.5) is 5.69 Å². The Morgan fingerprint density at radius 2 is 1.76 bits per heavy atom. The van der Waals surface area contributed by atoms with E-state index >= 15 is 0 Å². The highest BCUT2D eigenvalue weighted by molar-refractivity contribution is 5.49. The zero-order chi connectivity index (χ0) is 12.7. The number of hydrogen-bond acceptors (Lipinski definition) is 2. The van der Waals surface area contributed by atoms with Gasteiger partial charge in [0.1, 0.15) is 0 Å². The summed E-state index contributed by atoms with van der Waals surface area (Å²) in [6.45, 7) is 12.2. The second kappa shape index (κ2) is 7.33. The highest BCUT2D eigenvalue weighted by atomic mass is 16.5. The van der Waals surface area contributed by atoms with Crippen LogP contribution in [0.25, 0.3) is 0 Å². The quantitative estimate of drug-likeness (QED) is 0.775. The van der Waals surface area contributed by atoms with Gasteiger partial charge in [0, 0.05) is 18.8 Å². The molecule has 0 unspecified atom stereocenters. The molecule has 0 saturated carbocycles. The van der Waals surface area contributed by atoms with Gasteiger partial charge in [0.15, 0.2) is 0 Å². The molecule has 17 heavy (non-hydrogen) atoms. The lowest BCUT2D eigenvalue weighted by Crippen LogP contribution is -2.36. The van der Waals surface area contributed by atoms with E-state index in [2.05, 4.69) is 43.0 Å². The maximum atomic E-state index is 5.36. The largest absolute Gasteiger partial charge is 0.378 e. The minimum Gasteiger partial charge on any atom is -0.378 e. The molecule has 2 nitrogen and oxygen atoms in total. The van der Waals surface area contributed by atoms with E-state index in [1.165, 1.54) is 11.3 Å². The van der Waals surface area contributed by atoms with Crippen LogP contribution in [0.15, 0.2) is 24.3 Å². The molecule has 1 saturated heterocycles. The molecule has 2 rings (SSSR count). The van der Waals surface area contributed by atoms with Crippen molar-refractivity contribution in [2.24, 2.45) is 0 Å². The van der Waals surface area contributed by atoms with Crippen molar-refractivity contribution in [2.75, 3.05) is 31.2 Å². The number of nitrogens with zero attached hydrogens (tertiary/aromatic N) is 1. The van der Waals surface area contributed by atoms with Crippen LogP contribution in [0.2, 0.25) is 0 Å². The summed E-state index contributed by atoms with van der Waals surface area (Å²) in [4.78, 5) is 2.40. The third-order valence-corrected chi connectivity index (χ3v) is 2.91. The molecule has 0 amide bonds. The summed E-state index contributed by atoms with van der Waals surface area (Å²) < 4.78 is 5.36. The van der Waals surface area contributed by atoms with E-state index < -0.39 is 0 Å². The molecule has 2 heteroatoms. The molecule has 0 N–H and O–H groups in total. The second-order valence-corrected chi connectivity index (χ2v) is 4.35. The summed E-state index contributed by atoms with van der Waals surface area (Å²) in [5.74, 6) is 0.603. The Balaban J connectivity index is 0.000000686. The minimum atomic E-state index is 0.603. The minimum absolute atomic E-state index is 0.603. The molecule has 1 fully saturated rings. The van der Waals surface area contributed by atoms with Crippen LogP contribution in [-0.2, 0) is 4.74 Å². The number of benzene rings is 1. The average molecular weight is 235 g/mol. The first-order chi connectivity index (χ1) is 8.27. The predicted molar refractivity (Wildman–Crippen MR) is 74.9 cm³/mol. The number of hydrogen-bond donors (Lipinski definition) is 0. The van der Waals surface area contributed by atoms with Gasteiger partial charge in [0.2, 0.25) is 0 Å². The van der Waals surface area contributed by atoms with Crippen LogP contribution in [0.5, 0.6) is 0 Å². The highest BCUT2D eigenvalue weighted by Crippen LogP contribution is 2.22. The van der Waals surface area contributed by atoms with Crippen LogP contribution in [0, 0.1) is 0 Å². The Morgan fingerprint density at radius 3 is 2.35 bits per heavy atom. The Morgan fingerprint density at radius 1 is 1.12 bits per heavy atom. The van der Waals surface area contributed by atoms with Crippen LogP contribution in [-0.4, -0.2) is 26.3 Å². The number of rotatable bonds is 2. The van der Waals surface area contributed by atoms with Crippen molar-refractivity contribution < 1.29 is 4.74 Å². The molecule has 0 radical (unpaired) electrons. The average Bonchev–Trinajstić information content (AvgIpc) is 2.42. The van der Waals surface area contributed by atoms with E-state index in [0.29, 0.717) is 5.92 Å². The summed E-state index contributed by atoms with van der Waals surface area (Å²) >= 11 is 0. The van der Waals surface area contributed by atoms with Gasteiger partial charge in [-0.3, -0.25) is 0 Å². The monoisotopic (exact) mass is 235 g/mol. The van der Waals surface area contributed by atoms with Crippen molar-refractivity contribution >= 4 is 5.69 Å². The summed E-state index contributed by atoms with van der Waals surface area (Å²) in [6, 6.07) is 8.85. The van der Waals surface area contributed by atoms with E-state index in [1.807, 2.05) is 13.8 Å². The third kappa shape index (κ3) is 4.04. The first-order valence-electron chi connectivity index (χ1n) is 6.70. The Kier molecular flexibility index (Phi) is 6.06. The lowest BCUT2D eigenvalue weighted by molar-refractivity contribution is 0.122. The zero-order valence-electron chi connectivity index (χ0n) is 11.6. The second-order valence-electron chi connectivity index (χ2n) is 4.35. The van der Waals surface area contributed by atoms with Gasteiger partial charge in [-0.05, 0) is 23.6 Å². The summed E-state index contributed by atoms with van der Waals surface area (Å²) in [7, 11) is 0. The topological polar surface area (TPSA) is 12.5 Å². The van der Waals surface area contributed by atoms with Crippen molar-refractivity contribution in [2.45, 2.75) is 33.6 Å². The Bertz CT molecular complexity index is 316. The molecule has 1 aliphatic rings. The Labute approximate surface area is 106 Å². The van der Waals surface area contributed by atoms with Crippen molar-refractivity contribution in [3.8, 4) is 0 Å².